The van der Waals surface area contributed by atoms with Gasteiger partial charge < -0.3 is 4.57 Å². The van der Waals surface area contributed by atoms with Crippen LogP contribution in [-0.2, 0) is 23.6 Å². The average molecular weight is 367 g/mol. The topological polar surface area (TPSA) is 67.2 Å². The summed E-state index contributed by atoms with van der Waals surface area (Å²) in [4.78, 5) is 6.89. The molecule has 25 heavy (non-hydrogen) atoms. The third-order valence-electron chi connectivity index (χ3n) is 6.52. The SMILES string of the molecule is Cn1ccnc1CN1CCC2(CCCC2NS(=O)(=O)CC2CC2)CC1. The molecule has 1 N–H and O–H groups in total. The highest BCUT2D eigenvalue weighted by Crippen LogP contribution is 2.47. The Morgan fingerprint density at radius 3 is 2.64 bits per heavy atom. The number of hydrogen-bond donors (Lipinski definition) is 1. The summed E-state index contributed by atoms with van der Waals surface area (Å²) in [6.45, 7) is 2.96. The number of piperidine rings is 1. The van der Waals surface area contributed by atoms with E-state index in [0.29, 0.717) is 11.7 Å². The van der Waals surface area contributed by atoms with Crippen LogP contribution in [0.3, 0.4) is 0 Å². The van der Waals surface area contributed by atoms with Crippen molar-refractivity contribution in [2.75, 3.05) is 18.8 Å². The molecule has 0 aromatic carbocycles. The van der Waals surface area contributed by atoms with Gasteiger partial charge in [0.2, 0.25) is 10.0 Å². The molecule has 1 aromatic heterocycles. The predicted octanol–water partition coefficient (Wildman–Crippen LogP) is 1.88. The number of sulfonamides is 1. The Hall–Kier alpha value is -0.920. The van der Waals surface area contributed by atoms with E-state index in [1.54, 1.807) is 0 Å². The molecule has 0 bridgehead atoms. The molecule has 2 heterocycles. The van der Waals surface area contributed by atoms with E-state index in [1.807, 2.05) is 19.4 Å². The summed E-state index contributed by atoms with van der Waals surface area (Å²) < 4.78 is 30.1. The van der Waals surface area contributed by atoms with Crippen molar-refractivity contribution in [2.24, 2.45) is 18.4 Å². The summed E-state index contributed by atoms with van der Waals surface area (Å²) in [5.74, 6) is 1.85. The summed E-state index contributed by atoms with van der Waals surface area (Å²) in [5, 5.41) is 0. The molecule has 2 saturated carbocycles. The van der Waals surface area contributed by atoms with Gasteiger partial charge in [-0.3, -0.25) is 4.90 Å². The van der Waals surface area contributed by atoms with E-state index >= 15 is 0 Å². The van der Waals surface area contributed by atoms with Crippen molar-refractivity contribution in [3.05, 3.63) is 18.2 Å². The summed E-state index contributed by atoms with van der Waals surface area (Å²) in [7, 11) is -1.08. The van der Waals surface area contributed by atoms with Crippen molar-refractivity contribution in [1.82, 2.24) is 19.2 Å². The minimum atomic E-state index is -3.11. The first-order valence-electron chi connectivity index (χ1n) is 9.64. The fraction of sp³-hybridized carbons (Fsp3) is 0.833. The number of likely N-dealkylation sites (tertiary alicyclic amines) is 1. The molecular weight excluding hydrogens is 336 g/mol. The zero-order valence-corrected chi connectivity index (χ0v) is 16.0. The molecule has 0 amide bonds. The fourth-order valence-electron chi connectivity index (χ4n) is 4.69. The molecule has 1 saturated heterocycles. The third-order valence-corrected chi connectivity index (χ3v) is 8.07. The van der Waals surface area contributed by atoms with Gasteiger partial charge >= 0.3 is 0 Å². The molecular formula is C18H30N4O2S. The zero-order chi connectivity index (χ0) is 17.5. The molecule has 3 aliphatic rings. The molecule has 3 fully saturated rings. The summed E-state index contributed by atoms with van der Waals surface area (Å²) in [6.07, 6.45) is 11.5. The largest absolute Gasteiger partial charge is 0.337 e. The van der Waals surface area contributed by atoms with E-state index in [2.05, 4.69) is 19.2 Å². The Kier molecular flexibility index (Phi) is 4.67. The van der Waals surface area contributed by atoms with Crippen LogP contribution in [0, 0.1) is 11.3 Å². The van der Waals surface area contributed by atoms with Gasteiger partial charge in [0.25, 0.3) is 0 Å². The highest BCUT2D eigenvalue weighted by molar-refractivity contribution is 7.89. The van der Waals surface area contributed by atoms with Crippen molar-refractivity contribution in [1.29, 1.82) is 0 Å². The van der Waals surface area contributed by atoms with Crippen LogP contribution in [0.15, 0.2) is 12.4 Å². The first kappa shape index (κ1) is 17.5. The van der Waals surface area contributed by atoms with Crippen LogP contribution >= 0.6 is 0 Å². The minimum absolute atomic E-state index is 0.145. The van der Waals surface area contributed by atoms with Gasteiger partial charge in [0.05, 0.1) is 12.3 Å². The average Bonchev–Trinajstić information content (AvgIpc) is 3.16. The highest BCUT2D eigenvalue weighted by atomic mass is 32.2. The zero-order valence-electron chi connectivity index (χ0n) is 15.2. The van der Waals surface area contributed by atoms with Crippen LogP contribution in [0.2, 0.25) is 0 Å². The van der Waals surface area contributed by atoms with Gasteiger partial charge in [0.1, 0.15) is 5.82 Å². The molecule has 6 nitrogen and oxygen atoms in total. The van der Waals surface area contributed by atoms with E-state index in [1.165, 1.54) is 6.42 Å². The first-order valence-corrected chi connectivity index (χ1v) is 11.3. The number of aryl methyl sites for hydroxylation is 1. The quantitative estimate of drug-likeness (QED) is 0.835. The number of rotatable bonds is 6. The van der Waals surface area contributed by atoms with Crippen LogP contribution in [0.4, 0.5) is 0 Å². The van der Waals surface area contributed by atoms with Gasteiger partial charge in [-0.25, -0.2) is 18.1 Å². The lowest BCUT2D eigenvalue weighted by Crippen LogP contribution is -2.50. The van der Waals surface area contributed by atoms with E-state index < -0.39 is 10.0 Å². The molecule has 0 radical (unpaired) electrons. The lowest BCUT2D eigenvalue weighted by molar-refractivity contribution is 0.0839. The van der Waals surface area contributed by atoms with Crippen molar-refractivity contribution in [2.45, 2.75) is 57.5 Å². The minimum Gasteiger partial charge on any atom is -0.337 e. The standard InChI is InChI=1S/C18H30N4O2S/c1-21-12-9-19-17(21)13-22-10-7-18(8-11-22)6-2-3-16(18)20-25(23,24)14-15-4-5-15/h9,12,15-16,20H,2-8,10-11,13-14H2,1H3. The monoisotopic (exact) mass is 366 g/mol. The molecule has 1 unspecified atom stereocenters. The second-order valence-corrected chi connectivity index (χ2v) is 10.2. The lowest BCUT2D eigenvalue weighted by Gasteiger charge is -2.43. The van der Waals surface area contributed by atoms with E-state index in [0.717, 1.165) is 64.0 Å². The van der Waals surface area contributed by atoms with Crippen molar-refractivity contribution in [3.63, 3.8) is 0 Å². The Labute approximate surface area is 151 Å². The first-order chi connectivity index (χ1) is 12.0. The molecule has 2 aliphatic carbocycles. The van der Waals surface area contributed by atoms with Crippen LogP contribution in [0.1, 0.15) is 50.8 Å². The van der Waals surface area contributed by atoms with Crippen LogP contribution < -0.4 is 4.72 Å². The number of aromatic nitrogens is 2. The van der Waals surface area contributed by atoms with Crippen LogP contribution in [0.25, 0.3) is 0 Å². The Balaban J connectivity index is 1.36. The highest BCUT2D eigenvalue weighted by Gasteiger charge is 2.46. The number of imidazole rings is 1. The van der Waals surface area contributed by atoms with Gasteiger partial charge in [-0.05, 0) is 62.9 Å². The summed E-state index contributed by atoms with van der Waals surface area (Å²) in [5.41, 5.74) is 0.175. The van der Waals surface area contributed by atoms with Gasteiger partial charge in [-0.2, -0.15) is 0 Å². The molecule has 7 heteroatoms. The lowest BCUT2D eigenvalue weighted by atomic mass is 9.74. The molecule has 140 valence electrons. The molecule has 1 aromatic rings. The maximum absolute atomic E-state index is 12.4. The number of hydrogen-bond acceptors (Lipinski definition) is 4. The van der Waals surface area contributed by atoms with E-state index in [4.69, 9.17) is 0 Å². The van der Waals surface area contributed by atoms with Crippen molar-refractivity contribution in [3.8, 4) is 0 Å². The molecule has 1 spiro atoms. The second-order valence-electron chi connectivity index (χ2n) is 8.38. The third kappa shape index (κ3) is 3.93. The van der Waals surface area contributed by atoms with Gasteiger partial charge in [0, 0.05) is 25.5 Å². The maximum Gasteiger partial charge on any atom is 0.212 e. The number of nitrogens with one attached hydrogen (secondary N) is 1. The predicted molar refractivity (Wildman–Crippen MR) is 97.4 cm³/mol. The normalized spacial score (nSPS) is 27.2. The molecule has 4 rings (SSSR count). The van der Waals surface area contributed by atoms with E-state index in [9.17, 15) is 8.42 Å². The molecule has 1 aliphatic heterocycles. The van der Waals surface area contributed by atoms with Gasteiger partial charge in [0.15, 0.2) is 0 Å². The van der Waals surface area contributed by atoms with Gasteiger partial charge in [-0.15, -0.1) is 0 Å². The summed E-state index contributed by atoms with van der Waals surface area (Å²) >= 11 is 0. The summed E-state index contributed by atoms with van der Waals surface area (Å²) in [6, 6.07) is 0.145. The van der Waals surface area contributed by atoms with Crippen molar-refractivity contribution >= 4 is 10.0 Å². The van der Waals surface area contributed by atoms with Crippen LogP contribution in [0.5, 0.6) is 0 Å². The molecule has 1 atom stereocenters. The fourth-order valence-corrected chi connectivity index (χ4v) is 6.54. The number of nitrogens with zero attached hydrogens (tertiary/aromatic N) is 3. The second kappa shape index (κ2) is 6.67. The Bertz CT molecular complexity index is 702. The van der Waals surface area contributed by atoms with Gasteiger partial charge in [-0.1, -0.05) is 6.42 Å². The Morgan fingerprint density at radius 1 is 1.24 bits per heavy atom. The Morgan fingerprint density at radius 2 is 2.00 bits per heavy atom. The van der Waals surface area contributed by atoms with E-state index in [-0.39, 0.29) is 11.5 Å². The smallest absolute Gasteiger partial charge is 0.212 e. The van der Waals surface area contributed by atoms with Crippen LogP contribution in [-0.4, -0.2) is 47.8 Å². The van der Waals surface area contributed by atoms with Crippen molar-refractivity contribution < 1.29 is 8.42 Å². The maximum atomic E-state index is 12.4.